The lowest BCUT2D eigenvalue weighted by Gasteiger charge is -2.32. The quantitative estimate of drug-likeness (QED) is 0.727. The van der Waals surface area contributed by atoms with Crippen LogP contribution in [0.2, 0.25) is 0 Å². The summed E-state index contributed by atoms with van der Waals surface area (Å²) in [5.74, 6) is -1.79. The second kappa shape index (κ2) is 3.27. The molecule has 0 aliphatic heterocycles. The topological polar surface area (TPSA) is 12.9 Å². The summed E-state index contributed by atoms with van der Waals surface area (Å²) in [4.78, 5) is 4.14. The molecule has 2 aliphatic carbocycles. The first-order valence-corrected chi connectivity index (χ1v) is 6.32. The molecule has 0 radical (unpaired) electrons. The van der Waals surface area contributed by atoms with Crippen LogP contribution in [0.5, 0.6) is 0 Å². The van der Waals surface area contributed by atoms with E-state index in [1.807, 2.05) is 6.20 Å². The Morgan fingerprint density at radius 2 is 2.24 bits per heavy atom. The molecule has 1 aromatic rings. The fourth-order valence-electron chi connectivity index (χ4n) is 4.04. The third-order valence-electron chi connectivity index (χ3n) is 4.82. The van der Waals surface area contributed by atoms with Gasteiger partial charge in [0.25, 0.3) is 5.92 Å². The highest BCUT2D eigenvalue weighted by molar-refractivity contribution is 5.43. The van der Waals surface area contributed by atoms with E-state index in [4.69, 9.17) is 0 Å². The molecule has 1 nitrogen and oxygen atoms in total. The van der Waals surface area contributed by atoms with Crippen LogP contribution in [0.1, 0.15) is 37.8 Å². The van der Waals surface area contributed by atoms with Gasteiger partial charge in [0.15, 0.2) is 0 Å². The molecule has 1 saturated carbocycles. The Bertz CT molecular complexity index is 457. The summed E-state index contributed by atoms with van der Waals surface area (Å²) < 4.78 is 27.8. The van der Waals surface area contributed by atoms with Crippen LogP contribution in [0, 0.1) is 11.8 Å². The summed E-state index contributed by atoms with van der Waals surface area (Å²) in [6, 6.07) is 1.77. The van der Waals surface area contributed by atoms with Crippen LogP contribution in [-0.4, -0.2) is 10.9 Å². The smallest absolute Gasteiger partial charge is 0.253 e. The van der Waals surface area contributed by atoms with Gasteiger partial charge in [-0.25, -0.2) is 8.78 Å². The number of halogens is 2. The molecule has 0 saturated heterocycles. The standard InChI is InChI=1S/C14H17F2N/c1-3-11-9(2)14(11)8-13(15,16)6-10-4-5-17-7-12(10)14/h4-5,7,9,11H,3,6,8H2,1-2H3. The highest BCUT2D eigenvalue weighted by Crippen LogP contribution is 2.67. The van der Waals surface area contributed by atoms with Gasteiger partial charge >= 0.3 is 0 Å². The number of rotatable bonds is 1. The van der Waals surface area contributed by atoms with E-state index >= 15 is 0 Å². The van der Waals surface area contributed by atoms with Crippen LogP contribution in [0.25, 0.3) is 0 Å². The van der Waals surface area contributed by atoms with Crippen molar-refractivity contribution < 1.29 is 8.78 Å². The lowest BCUT2D eigenvalue weighted by molar-refractivity contribution is -0.0275. The molecule has 0 aromatic carbocycles. The third-order valence-corrected chi connectivity index (χ3v) is 4.82. The molecule has 1 fully saturated rings. The maximum atomic E-state index is 13.9. The van der Waals surface area contributed by atoms with Crippen LogP contribution in [0.15, 0.2) is 18.5 Å². The van der Waals surface area contributed by atoms with E-state index in [9.17, 15) is 8.78 Å². The molecule has 0 bridgehead atoms. The van der Waals surface area contributed by atoms with Crippen molar-refractivity contribution in [1.29, 1.82) is 0 Å². The van der Waals surface area contributed by atoms with Crippen molar-refractivity contribution in [3.05, 3.63) is 29.6 Å². The first-order valence-electron chi connectivity index (χ1n) is 6.32. The van der Waals surface area contributed by atoms with Crippen molar-refractivity contribution in [3.8, 4) is 0 Å². The molecule has 2 aliphatic rings. The Labute approximate surface area is 100 Å². The molecule has 3 rings (SSSR count). The van der Waals surface area contributed by atoms with E-state index in [0.29, 0.717) is 11.8 Å². The van der Waals surface area contributed by atoms with Crippen molar-refractivity contribution in [2.24, 2.45) is 11.8 Å². The number of aromatic nitrogens is 1. The van der Waals surface area contributed by atoms with Gasteiger partial charge < -0.3 is 0 Å². The highest BCUT2D eigenvalue weighted by Gasteiger charge is 2.67. The second-order valence-electron chi connectivity index (χ2n) is 5.59. The van der Waals surface area contributed by atoms with Gasteiger partial charge in [0, 0.05) is 30.7 Å². The van der Waals surface area contributed by atoms with Gasteiger partial charge in [0.1, 0.15) is 0 Å². The van der Waals surface area contributed by atoms with Crippen molar-refractivity contribution in [2.45, 2.75) is 44.4 Å². The van der Waals surface area contributed by atoms with Gasteiger partial charge in [-0.05, 0) is 29.0 Å². The average Bonchev–Trinajstić information content (AvgIpc) is 2.81. The zero-order valence-corrected chi connectivity index (χ0v) is 10.2. The minimum absolute atomic E-state index is 0.0123. The predicted octanol–water partition coefficient (Wildman–Crippen LogP) is 3.58. The first kappa shape index (κ1) is 11.1. The zero-order valence-electron chi connectivity index (χ0n) is 10.2. The predicted molar refractivity (Wildman–Crippen MR) is 62.1 cm³/mol. The number of hydrogen-bond donors (Lipinski definition) is 0. The largest absolute Gasteiger partial charge is 0.264 e. The zero-order chi connectivity index (χ0) is 12.3. The Kier molecular flexibility index (Phi) is 2.14. The molecular weight excluding hydrogens is 220 g/mol. The van der Waals surface area contributed by atoms with Crippen molar-refractivity contribution in [3.63, 3.8) is 0 Å². The number of pyridine rings is 1. The van der Waals surface area contributed by atoms with Gasteiger partial charge in [-0.1, -0.05) is 20.3 Å². The number of alkyl halides is 2. The van der Waals surface area contributed by atoms with Crippen molar-refractivity contribution in [2.75, 3.05) is 0 Å². The minimum Gasteiger partial charge on any atom is -0.264 e. The number of fused-ring (bicyclic) bond motifs is 2. The van der Waals surface area contributed by atoms with Crippen molar-refractivity contribution in [1.82, 2.24) is 4.98 Å². The molecule has 0 amide bonds. The lowest BCUT2D eigenvalue weighted by atomic mass is 9.76. The lowest BCUT2D eigenvalue weighted by Crippen LogP contribution is -2.35. The van der Waals surface area contributed by atoms with E-state index in [-0.39, 0.29) is 18.3 Å². The average molecular weight is 237 g/mol. The van der Waals surface area contributed by atoms with Gasteiger partial charge in [-0.2, -0.15) is 0 Å². The van der Waals surface area contributed by atoms with E-state index in [1.54, 1.807) is 12.3 Å². The van der Waals surface area contributed by atoms with Crippen LogP contribution in [0.4, 0.5) is 8.78 Å². The van der Waals surface area contributed by atoms with Crippen LogP contribution >= 0.6 is 0 Å². The summed E-state index contributed by atoms with van der Waals surface area (Å²) in [6.07, 6.45) is 4.32. The summed E-state index contributed by atoms with van der Waals surface area (Å²) in [5, 5.41) is 0. The molecule has 3 atom stereocenters. The SMILES string of the molecule is CCC1C(C)C12CC(F)(F)Cc1ccncc12. The van der Waals surface area contributed by atoms with Gasteiger partial charge in [0.05, 0.1) is 0 Å². The summed E-state index contributed by atoms with van der Waals surface area (Å²) in [6.45, 7) is 4.20. The fraction of sp³-hybridized carbons (Fsp3) is 0.643. The maximum Gasteiger partial charge on any atom is 0.253 e. The van der Waals surface area contributed by atoms with E-state index in [1.165, 1.54) is 0 Å². The van der Waals surface area contributed by atoms with Crippen LogP contribution < -0.4 is 0 Å². The Morgan fingerprint density at radius 1 is 1.47 bits per heavy atom. The number of nitrogens with zero attached hydrogens (tertiary/aromatic N) is 1. The van der Waals surface area contributed by atoms with Gasteiger partial charge in [-0.3, -0.25) is 4.98 Å². The van der Waals surface area contributed by atoms with E-state index < -0.39 is 5.92 Å². The molecule has 3 heteroatoms. The summed E-state index contributed by atoms with van der Waals surface area (Å²) in [7, 11) is 0. The Morgan fingerprint density at radius 3 is 2.88 bits per heavy atom. The van der Waals surface area contributed by atoms with Gasteiger partial charge in [0.2, 0.25) is 0 Å². The molecule has 1 heterocycles. The molecule has 3 unspecified atom stereocenters. The fourth-order valence-corrected chi connectivity index (χ4v) is 4.04. The highest BCUT2D eigenvalue weighted by atomic mass is 19.3. The third kappa shape index (κ3) is 1.37. The maximum absolute atomic E-state index is 13.9. The molecule has 92 valence electrons. The summed E-state index contributed by atoms with van der Waals surface area (Å²) >= 11 is 0. The van der Waals surface area contributed by atoms with Crippen LogP contribution in [-0.2, 0) is 11.8 Å². The molecule has 1 aromatic heterocycles. The summed E-state index contributed by atoms with van der Waals surface area (Å²) in [5.41, 5.74) is 1.60. The second-order valence-corrected chi connectivity index (χ2v) is 5.59. The molecule has 17 heavy (non-hydrogen) atoms. The first-order chi connectivity index (χ1) is 8.01. The molecule has 0 N–H and O–H groups in total. The van der Waals surface area contributed by atoms with E-state index in [0.717, 1.165) is 17.5 Å². The monoisotopic (exact) mass is 237 g/mol. The molecular formula is C14H17F2N. The Hall–Kier alpha value is -0.990. The normalized spacial score (nSPS) is 37.9. The van der Waals surface area contributed by atoms with E-state index in [2.05, 4.69) is 18.8 Å². The number of hydrogen-bond acceptors (Lipinski definition) is 1. The van der Waals surface area contributed by atoms with Crippen molar-refractivity contribution >= 4 is 0 Å². The minimum atomic E-state index is -2.55. The molecule has 1 spiro atoms. The van der Waals surface area contributed by atoms with Gasteiger partial charge in [-0.15, -0.1) is 0 Å². The Balaban J connectivity index is 2.12. The van der Waals surface area contributed by atoms with Crippen LogP contribution in [0.3, 0.4) is 0 Å².